The van der Waals surface area contributed by atoms with Crippen LogP contribution in [0.5, 0.6) is 0 Å². The van der Waals surface area contributed by atoms with E-state index in [1.807, 2.05) is 37.3 Å². The highest BCUT2D eigenvalue weighted by Crippen LogP contribution is 2.25. The number of aliphatic hydroxyl groups excluding tert-OH is 1. The largest absolute Gasteiger partial charge is 0.386 e. The maximum Gasteiger partial charge on any atom is 0.1000 e. The zero-order valence-corrected chi connectivity index (χ0v) is 12.2. The number of pyridine rings is 1. The van der Waals surface area contributed by atoms with Gasteiger partial charge in [-0.25, -0.2) is 0 Å². The number of benzene rings is 1. The molecule has 0 saturated heterocycles. The van der Waals surface area contributed by atoms with Crippen molar-refractivity contribution >= 4 is 27.5 Å². The number of halogens is 2. The molecule has 0 saturated carbocycles. The van der Waals surface area contributed by atoms with E-state index in [1.165, 1.54) is 0 Å². The van der Waals surface area contributed by atoms with Gasteiger partial charge in [0.1, 0.15) is 0 Å². The summed E-state index contributed by atoms with van der Waals surface area (Å²) in [4.78, 5) is 4.22. The number of aromatic nitrogens is 1. The Labute approximate surface area is 120 Å². The van der Waals surface area contributed by atoms with E-state index in [0.29, 0.717) is 17.1 Å². The number of nitrogens with zero attached hydrogens (tertiary/aromatic N) is 1. The Kier molecular flexibility index (Phi) is 4.38. The van der Waals surface area contributed by atoms with Crippen LogP contribution in [-0.2, 0) is 6.42 Å². The minimum atomic E-state index is -0.635. The van der Waals surface area contributed by atoms with Gasteiger partial charge >= 0.3 is 0 Å². The van der Waals surface area contributed by atoms with Crippen LogP contribution >= 0.6 is 27.5 Å². The van der Waals surface area contributed by atoms with Crippen molar-refractivity contribution in [1.29, 1.82) is 0 Å². The SMILES string of the molecule is Cc1ccc(C(O)Cc2ccc(Br)cc2Cl)nc1. The molecule has 0 spiro atoms. The second kappa shape index (κ2) is 5.83. The van der Waals surface area contributed by atoms with Gasteiger partial charge in [-0.05, 0) is 36.2 Å². The number of aliphatic hydroxyl groups is 1. The van der Waals surface area contributed by atoms with Gasteiger partial charge in [-0.1, -0.05) is 39.7 Å². The lowest BCUT2D eigenvalue weighted by atomic mass is 10.0. The molecule has 0 aliphatic rings. The summed E-state index contributed by atoms with van der Waals surface area (Å²) in [5, 5.41) is 10.8. The molecule has 0 radical (unpaired) electrons. The van der Waals surface area contributed by atoms with Crippen molar-refractivity contribution in [3.8, 4) is 0 Å². The van der Waals surface area contributed by atoms with Crippen LogP contribution in [0.3, 0.4) is 0 Å². The lowest BCUT2D eigenvalue weighted by Gasteiger charge is -2.11. The average Bonchev–Trinajstić information content (AvgIpc) is 2.33. The lowest BCUT2D eigenvalue weighted by molar-refractivity contribution is 0.173. The Hall–Kier alpha value is -0.900. The standard InChI is InChI=1S/C14H13BrClNO/c1-9-2-5-13(17-8-9)14(18)6-10-3-4-11(15)7-12(10)16/h2-5,7-8,14,18H,6H2,1H3. The molecular formula is C14H13BrClNO. The number of hydrogen-bond donors (Lipinski definition) is 1. The molecule has 0 amide bonds. The van der Waals surface area contributed by atoms with Crippen molar-refractivity contribution < 1.29 is 5.11 Å². The zero-order chi connectivity index (χ0) is 13.1. The maximum absolute atomic E-state index is 10.1. The summed E-state index contributed by atoms with van der Waals surface area (Å²) in [5.74, 6) is 0. The zero-order valence-electron chi connectivity index (χ0n) is 9.90. The van der Waals surface area contributed by atoms with Crippen LogP contribution in [0.25, 0.3) is 0 Å². The highest BCUT2D eigenvalue weighted by molar-refractivity contribution is 9.10. The molecule has 94 valence electrons. The van der Waals surface area contributed by atoms with E-state index in [2.05, 4.69) is 20.9 Å². The molecule has 0 aliphatic heterocycles. The van der Waals surface area contributed by atoms with Crippen molar-refractivity contribution in [2.24, 2.45) is 0 Å². The fourth-order valence-electron chi connectivity index (χ4n) is 1.68. The smallest absolute Gasteiger partial charge is 0.1000 e. The molecule has 2 nitrogen and oxygen atoms in total. The predicted octanol–water partition coefficient (Wildman–Crippen LogP) is 4.08. The van der Waals surface area contributed by atoms with Crippen molar-refractivity contribution in [3.05, 3.63) is 62.8 Å². The summed E-state index contributed by atoms with van der Waals surface area (Å²) in [6.07, 6.45) is 1.58. The van der Waals surface area contributed by atoms with Gasteiger partial charge < -0.3 is 5.11 Å². The van der Waals surface area contributed by atoms with Crippen molar-refractivity contribution in [2.45, 2.75) is 19.4 Å². The van der Waals surface area contributed by atoms with Crippen molar-refractivity contribution in [2.75, 3.05) is 0 Å². The molecule has 1 unspecified atom stereocenters. The van der Waals surface area contributed by atoms with Crippen molar-refractivity contribution in [1.82, 2.24) is 4.98 Å². The molecule has 0 fully saturated rings. The van der Waals surface area contributed by atoms with Crippen LogP contribution in [0.4, 0.5) is 0 Å². The van der Waals surface area contributed by atoms with E-state index >= 15 is 0 Å². The minimum Gasteiger partial charge on any atom is -0.386 e. The van der Waals surface area contributed by atoms with Crippen LogP contribution in [0, 0.1) is 6.92 Å². The van der Waals surface area contributed by atoms with Gasteiger partial charge in [0.15, 0.2) is 0 Å². The van der Waals surface area contributed by atoms with Gasteiger partial charge in [-0.2, -0.15) is 0 Å². The fraction of sp³-hybridized carbons (Fsp3) is 0.214. The summed E-state index contributed by atoms with van der Waals surface area (Å²) in [7, 11) is 0. The number of rotatable bonds is 3. The minimum absolute atomic E-state index is 0.460. The Balaban J connectivity index is 2.15. The van der Waals surface area contributed by atoms with Gasteiger partial charge in [0.05, 0.1) is 11.8 Å². The molecule has 2 rings (SSSR count). The van der Waals surface area contributed by atoms with Gasteiger partial charge in [0, 0.05) is 22.1 Å². The van der Waals surface area contributed by atoms with Crippen molar-refractivity contribution in [3.63, 3.8) is 0 Å². The Bertz CT molecular complexity index is 542. The predicted molar refractivity (Wildman–Crippen MR) is 76.8 cm³/mol. The van der Waals surface area contributed by atoms with Crippen LogP contribution in [0.1, 0.15) is 22.9 Å². The topological polar surface area (TPSA) is 33.1 Å². The van der Waals surface area contributed by atoms with Gasteiger partial charge in [0.2, 0.25) is 0 Å². The Morgan fingerprint density at radius 1 is 1.33 bits per heavy atom. The van der Waals surface area contributed by atoms with E-state index in [9.17, 15) is 5.11 Å². The normalized spacial score (nSPS) is 12.4. The van der Waals surface area contributed by atoms with E-state index in [1.54, 1.807) is 6.20 Å². The first-order valence-electron chi connectivity index (χ1n) is 5.61. The van der Waals surface area contributed by atoms with E-state index in [4.69, 9.17) is 11.6 Å². The summed E-state index contributed by atoms with van der Waals surface area (Å²) >= 11 is 9.48. The Morgan fingerprint density at radius 3 is 2.72 bits per heavy atom. The number of hydrogen-bond acceptors (Lipinski definition) is 2. The first-order valence-corrected chi connectivity index (χ1v) is 6.78. The molecule has 1 aromatic heterocycles. The van der Waals surface area contributed by atoms with E-state index < -0.39 is 6.10 Å². The molecular weight excluding hydrogens is 314 g/mol. The first-order chi connectivity index (χ1) is 8.56. The Morgan fingerprint density at radius 2 is 2.11 bits per heavy atom. The lowest BCUT2D eigenvalue weighted by Crippen LogP contribution is -2.04. The summed E-state index contributed by atoms with van der Waals surface area (Å²) in [6, 6.07) is 9.42. The van der Waals surface area contributed by atoms with Crippen LogP contribution in [0.2, 0.25) is 5.02 Å². The molecule has 18 heavy (non-hydrogen) atoms. The summed E-state index contributed by atoms with van der Waals surface area (Å²) in [5.41, 5.74) is 2.65. The third-order valence-electron chi connectivity index (χ3n) is 2.70. The third kappa shape index (κ3) is 3.31. The fourth-order valence-corrected chi connectivity index (χ4v) is 2.43. The van der Waals surface area contributed by atoms with Crippen LogP contribution < -0.4 is 0 Å². The first kappa shape index (κ1) is 13.5. The monoisotopic (exact) mass is 325 g/mol. The molecule has 4 heteroatoms. The average molecular weight is 327 g/mol. The molecule has 0 bridgehead atoms. The van der Waals surface area contributed by atoms with Gasteiger partial charge in [-0.15, -0.1) is 0 Å². The summed E-state index contributed by atoms with van der Waals surface area (Å²) in [6.45, 7) is 1.97. The highest BCUT2D eigenvalue weighted by atomic mass is 79.9. The van der Waals surface area contributed by atoms with Gasteiger partial charge in [0.25, 0.3) is 0 Å². The quantitative estimate of drug-likeness (QED) is 0.922. The van der Waals surface area contributed by atoms with E-state index in [-0.39, 0.29) is 0 Å². The molecule has 2 aromatic rings. The third-order valence-corrected chi connectivity index (χ3v) is 3.55. The van der Waals surface area contributed by atoms with E-state index in [0.717, 1.165) is 15.6 Å². The highest BCUT2D eigenvalue weighted by Gasteiger charge is 2.12. The molecule has 1 heterocycles. The molecule has 1 N–H and O–H groups in total. The second-order valence-electron chi connectivity index (χ2n) is 4.22. The molecule has 0 aliphatic carbocycles. The maximum atomic E-state index is 10.1. The second-order valence-corrected chi connectivity index (χ2v) is 5.54. The van der Waals surface area contributed by atoms with Crippen LogP contribution in [-0.4, -0.2) is 10.1 Å². The summed E-state index contributed by atoms with van der Waals surface area (Å²) < 4.78 is 0.930. The van der Waals surface area contributed by atoms with Crippen LogP contribution in [0.15, 0.2) is 41.0 Å². The van der Waals surface area contributed by atoms with Gasteiger partial charge in [-0.3, -0.25) is 4.98 Å². The molecule has 1 atom stereocenters. The number of aryl methyl sites for hydroxylation is 1. The molecule has 1 aromatic carbocycles.